The van der Waals surface area contributed by atoms with E-state index in [1.165, 1.54) is 7.11 Å². The van der Waals surface area contributed by atoms with E-state index in [9.17, 15) is 55.2 Å². The maximum Gasteiger partial charge on any atom is 0.305 e. The van der Waals surface area contributed by atoms with E-state index in [2.05, 4.69) is 15.4 Å². The van der Waals surface area contributed by atoms with Crippen LogP contribution >= 0.6 is 0 Å². The minimum Gasteiger partial charge on any atom is -0.469 e. The monoisotopic (exact) mass is 714 g/mol. The van der Waals surface area contributed by atoms with Crippen LogP contribution in [0.3, 0.4) is 0 Å². The summed E-state index contributed by atoms with van der Waals surface area (Å²) in [6.07, 6.45) is -18.6. The Morgan fingerprint density at radius 1 is 0.633 bits per heavy atom. The van der Waals surface area contributed by atoms with Gasteiger partial charge in [0, 0.05) is 26.9 Å². The number of ether oxygens (including phenoxy) is 7. The van der Waals surface area contributed by atoms with Crippen molar-refractivity contribution in [2.75, 3.05) is 33.5 Å². The number of hydrogen-bond acceptors (Lipinski definition) is 18. The molecule has 3 rings (SSSR count). The van der Waals surface area contributed by atoms with Crippen molar-refractivity contribution < 1.29 is 88.4 Å². The first-order valence-electron chi connectivity index (χ1n) is 16.0. The van der Waals surface area contributed by atoms with Crippen LogP contribution in [0.25, 0.3) is 0 Å². The van der Waals surface area contributed by atoms with Crippen molar-refractivity contribution in [2.24, 2.45) is 0 Å². The van der Waals surface area contributed by atoms with Gasteiger partial charge in [0.05, 0.1) is 26.9 Å². The number of rotatable bonds is 16. The van der Waals surface area contributed by atoms with Crippen molar-refractivity contribution >= 4 is 17.8 Å². The molecule has 3 saturated heterocycles. The maximum absolute atomic E-state index is 11.9. The summed E-state index contributed by atoms with van der Waals surface area (Å²) in [7, 11) is 1.28. The van der Waals surface area contributed by atoms with E-state index < -0.39 is 124 Å². The summed E-state index contributed by atoms with van der Waals surface area (Å²) < 4.78 is 39.3. The van der Waals surface area contributed by atoms with Gasteiger partial charge in [-0.15, -0.1) is 0 Å². The molecule has 49 heavy (non-hydrogen) atoms. The van der Waals surface area contributed by atoms with Crippen LogP contribution in [0.4, 0.5) is 0 Å². The minimum atomic E-state index is -1.80. The van der Waals surface area contributed by atoms with Gasteiger partial charge in [0.2, 0.25) is 11.8 Å². The van der Waals surface area contributed by atoms with Crippen molar-refractivity contribution in [2.45, 2.75) is 132 Å². The lowest BCUT2D eigenvalue weighted by atomic mass is 9.95. The number of unbranched alkanes of at least 4 members (excludes halogenated alkanes) is 2. The Hall–Kier alpha value is -2.15. The zero-order valence-electron chi connectivity index (χ0n) is 27.5. The predicted octanol–water partition coefficient (Wildman–Crippen LogP) is -5.53. The van der Waals surface area contributed by atoms with E-state index in [1.807, 2.05) is 0 Å². The average molecular weight is 715 g/mol. The maximum atomic E-state index is 11.9. The molecular formula is C29H50N2O18. The summed E-state index contributed by atoms with van der Waals surface area (Å²) in [6.45, 7) is 0.264. The lowest BCUT2D eigenvalue weighted by Gasteiger charge is -2.48. The molecule has 0 saturated carbocycles. The lowest BCUT2D eigenvalue weighted by molar-refractivity contribution is -0.354. The van der Waals surface area contributed by atoms with Gasteiger partial charge in [0.15, 0.2) is 18.9 Å². The Morgan fingerprint density at radius 2 is 1.16 bits per heavy atom. The van der Waals surface area contributed by atoms with Crippen molar-refractivity contribution in [3.8, 4) is 0 Å². The average Bonchev–Trinajstić information content (AvgIpc) is 3.06. The number of carbonyl (C=O) groups is 3. The molecule has 20 nitrogen and oxygen atoms in total. The summed E-state index contributed by atoms with van der Waals surface area (Å²) in [6, 6.07) is -2.76. The second kappa shape index (κ2) is 19.5. The third-order valence-electron chi connectivity index (χ3n) is 8.39. The summed E-state index contributed by atoms with van der Waals surface area (Å²) in [5.41, 5.74) is 0. The van der Waals surface area contributed by atoms with Gasteiger partial charge in [-0.3, -0.25) is 14.4 Å². The first-order valence-corrected chi connectivity index (χ1v) is 16.0. The van der Waals surface area contributed by atoms with Crippen molar-refractivity contribution in [1.29, 1.82) is 0 Å². The fourth-order valence-electron chi connectivity index (χ4n) is 5.74. The summed E-state index contributed by atoms with van der Waals surface area (Å²) >= 11 is 0. The number of nitrogens with one attached hydrogen (secondary N) is 2. The number of hydrogen-bond donors (Lipinski definition) is 10. The molecule has 0 aliphatic carbocycles. The van der Waals surface area contributed by atoms with Gasteiger partial charge in [-0.1, -0.05) is 6.42 Å². The molecule has 3 aliphatic rings. The number of aliphatic hydroxyl groups is 8. The topological polar surface area (TPSA) is 302 Å². The van der Waals surface area contributed by atoms with Crippen LogP contribution in [-0.4, -0.2) is 184 Å². The van der Waals surface area contributed by atoms with Crippen molar-refractivity contribution in [3.05, 3.63) is 0 Å². The van der Waals surface area contributed by atoms with Gasteiger partial charge in [-0.2, -0.15) is 0 Å². The molecule has 15 atom stereocenters. The van der Waals surface area contributed by atoms with E-state index in [-0.39, 0.29) is 19.0 Å². The predicted molar refractivity (Wildman–Crippen MR) is 159 cm³/mol. The third kappa shape index (κ3) is 10.9. The van der Waals surface area contributed by atoms with E-state index in [1.54, 1.807) is 0 Å². The van der Waals surface area contributed by atoms with E-state index >= 15 is 0 Å². The minimum absolute atomic E-state index is 0.0337. The van der Waals surface area contributed by atoms with Gasteiger partial charge in [0.1, 0.15) is 73.1 Å². The molecule has 3 aliphatic heterocycles. The molecule has 0 radical (unpaired) electrons. The Kier molecular flexibility index (Phi) is 16.4. The molecule has 3 heterocycles. The summed E-state index contributed by atoms with van der Waals surface area (Å²) in [5.74, 6) is -1.62. The smallest absolute Gasteiger partial charge is 0.305 e. The quantitative estimate of drug-likeness (QED) is 0.0527. The van der Waals surface area contributed by atoms with Crippen LogP contribution in [0.1, 0.15) is 39.5 Å². The zero-order valence-corrected chi connectivity index (χ0v) is 27.5. The number of methoxy groups -OCH3 is 1. The van der Waals surface area contributed by atoms with E-state index in [0.717, 1.165) is 13.8 Å². The van der Waals surface area contributed by atoms with E-state index in [0.29, 0.717) is 19.3 Å². The molecule has 0 aromatic heterocycles. The normalized spacial score (nSPS) is 39.6. The highest BCUT2D eigenvalue weighted by Crippen LogP contribution is 2.31. The first-order chi connectivity index (χ1) is 23.2. The molecular weight excluding hydrogens is 664 g/mol. The summed E-state index contributed by atoms with van der Waals surface area (Å²) in [5, 5.41) is 88.5. The van der Waals surface area contributed by atoms with E-state index in [4.69, 9.17) is 28.4 Å². The van der Waals surface area contributed by atoms with Crippen LogP contribution in [0.5, 0.6) is 0 Å². The molecule has 20 heteroatoms. The molecule has 0 aromatic carbocycles. The first kappa shape index (κ1) is 41.3. The molecule has 2 amide bonds. The molecule has 0 spiro atoms. The number of aliphatic hydroxyl groups excluding tert-OH is 8. The van der Waals surface area contributed by atoms with Gasteiger partial charge in [-0.25, -0.2) is 0 Å². The molecule has 284 valence electrons. The van der Waals surface area contributed by atoms with Gasteiger partial charge < -0.3 is 84.6 Å². The van der Waals surface area contributed by atoms with Crippen molar-refractivity contribution in [1.82, 2.24) is 10.6 Å². The molecule has 0 aromatic rings. The van der Waals surface area contributed by atoms with Gasteiger partial charge in [0.25, 0.3) is 0 Å². The standard InChI is InChI=1S/C29H50N2O18/c1-12(34)30-18-22(39)20(37)14(9-32)46-27(18)45-11-16-26(49-28-19(31-13(2)35)23(40)21(38)15(10-33)47-28)24(41)25(42)29(48-16)44-8-6-4-5-7-17(36)43-3/h14-16,18-29,32-33,37-42H,4-11H2,1-3H3,(H,30,34)(H,31,35)/t14-,15-,16-,18+,19+,20-,21-,22-,23-,24-,25-,26+,27-,28+,29+/m1/s1. The van der Waals surface area contributed by atoms with Crippen LogP contribution in [0, 0.1) is 0 Å². The molecule has 0 unspecified atom stereocenters. The number of carbonyl (C=O) groups excluding carboxylic acids is 3. The Labute approximate surface area is 282 Å². The second-order valence-corrected chi connectivity index (χ2v) is 12.1. The second-order valence-electron chi connectivity index (χ2n) is 12.1. The highest BCUT2D eigenvalue weighted by Gasteiger charge is 2.52. The molecule has 10 N–H and O–H groups in total. The third-order valence-corrected chi connectivity index (χ3v) is 8.39. The van der Waals surface area contributed by atoms with Crippen LogP contribution < -0.4 is 10.6 Å². The molecule has 0 bridgehead atoms. The highest BCUT2D eigenvalue weighted by atomic mass is 16.7. The summed E-state index contributed by atoms with van der Waals surface area (Å²) in [4.78, 5) is 35.2. The lowest BCUT2D eigenvalue weighted by Crippen LogP contribution is -2.68. The fraction of sp³-hybridized carbons (Fsp3) is 0.897. The van der Waals surface area contributed by atoms with Crippen LogP contribution in [0.2, 0.25) is 0 Å². The van der Waals surface area contributed by atoms with Crippen LogP contribution in [-0.2, 0) is 47.5 Å². The number of esters is 1. The van der Waals surface area contributed by atoms with Crippen molar-refractivity contribution in [3.63, 3.8) is 0 Å². The highest BCUT2D eigenvalue weighted by molar-refractivity contribution is 5.73. The van der Waals surface area contributed by atoms with Gasteiger partial charge in [-0.05, 0) is 12.8 Å². The molecule has 3 fully saturated rings. The zero-order chi connectivity index (χ0) is 36.4. The van der Waals surface area contributed by atoms with Crippen LogP contribution in [0.15, 0.2) is 0 Å². The largest absolute Gasteiger partial charge is 0.469 e. The Bertz CT molecular complexity index is 1060. The SMILES string of the molecule is COC(=O)CCCCCO[C@H]1O[C@H](CO[C@@H]2O[C@H](CO)[C@@H](O)[C@H](O)[C@@H]2NC(C)=O)[C@H](O[C@@H]2O[C@H](CO)[C@@H](O)[C@H](O)[C@@H]2NC(C)=O)[C@H](O)[C@H]1O. The number of amides is 2. The fourth-order valence-corrected chi connectivity index (χ4v) is 5.74. The Balaban J connectivity index is 1.83. The van der Waals surface area contributed by atoms with Gasteiger partial charge >= 0.3 is 5.97 Å². The Morgan fingerprint density at radius 3 is 1.69 bits per heavy atom.